The van der Waals surface area contributed by atoms with Crippen LogP contribution in [0.25, 0.3) is 16.5 Å². The molecule has 0 atom stereocenters. The van der Waals surface area contributed by atoms with E-state index >= 15 is 0 Å². The van der Waals surface area contributed by atoms with E-state index in [-0.39, 0.29) is 5.91 Å². The van der Waals surface area contributed by atoms with Crippen molar-refractivity contribution in [3.8, 4) is 17.2 Å². The lowest BCUT2D eigenvalue weighted by atomic mass is 9.94. The monoisotopic (exact) mass is 421 g/mol. The quantitative estimate of drug-likeness (QED) is 0.541. The molecule has 0 spiro atoms. The number of fused-ring (bicyclic) bond motifs is 3. The first-order valence-corrected chi connectivity index (χ1v) is 10.4. The van der Waals surface area contributed by atoms with Crippen molar-refractivity contribution in [2.45, 2.75) is 32.6 Å². The molecule has 0 fully saturated rings. The van der Waals surface area contributed by atoms with E-state index in [0.29, 0.717) is 22.9 Å². The lowest BCUT2D eigenvalue weighted by Crippen LogP contribution is -2.10. The number of nitrogens with one attached hydrogen (secondary N) is 1. The van der Waals surface area contributed by atoms with Crippen molar-refractivity contribution in [1.82, 2.24) is 0 Å². The molecular weight excluding hydrogens is 394 g/mol. The van der Waals surface area contributed by atoms with E-state index in [9.17, 15) is 4.79 Å². The van der Waals surface area contributed by atoms with Crippen LogP contribution < -0.4 is 19.5 Å². The predicted molar refractivity (Wildman–Crippen MR) is 121 cm³/mol. The first kappa shape index (κ1) is 20.8. The molecule has 31 heavy (non-hydrogen) atoms. The van der Waals surface area contributed by atoms with E-state index in [0.717, 1.165) is 47.1 Å². The minimum absolute atomic E-state index is 0.263. The summed E-state index contributed by atoms with van der Waals surface area (Å²) in [6.07, 6.45) is 5.88. The van der Waals surface area contributed by atoms with Crippen molar-refractivity contribution >= 4 is 28.1 Å². The summed E-state index contributed by atoms with van der Waals surface area (Å²) in [4.78, 5) is 12.8. The summed E-state index contributed by atoms with van der Waals surface area (Å²) in [6, 6.07) is 9.26. The molecule has 1 aliphatic rings. The van der Waals surface area contributed by atoms with Crippen molar-refractivity contribution in [1.29, 1.82) is 0 Å². The Balaban J connectivity index is 1.67. The normalized spacial score (nSPS) is 13.6. The highest BCUT2D eigenvalue weighted by molar-refractivity contribution is 6.05. The largest absolute Gasteiger partial charge is 0.497 e. The maximum atomic E-state index is 12.8. The summed E-state index contributed by atoms with van der Waals surface area (Å²) in [5.41, 5.74) is 4.33. The van der Waals surface area contributed by atoms with Crippen LogP contribution in [0.15, 0.2) is 40.8 Å². The highest BCUT2D eigenvalue weighted by Gasteiger charge is 2.20. The number of methoxy groups -OCH3 is 3. The van der Waals surface area contributed by atoms with E-state index in [1.165, 1.54) is 12.0 Å². The third kappa shape index (κ3) is 4.10. The lowest BCUT2D eigenvalue weighted by Gasteiger charge is -2.12. The second kappa shape index (κ2) is 8.76. The number of rotatable bonds is 6. The van der Waals surface area contributed by atoms with Crippen LogP contribution in [0.1, 0.15) is 36.7 Å². The molecule has 0 aliphatic heterocycles. The van der Waals surface area contributed by atoms with Gasteiger partial charge in [0.1, 0.15) is 28.6 Å². The molecule has 1 aromatic heterocycles. The number of furan rings is 1. The van der Waals surface area contributed by atoms with Gasteiger partial charge in [0.25, 0.3) is 0 Å². The van der Waals surface area contributed by atoms with E-state index in [2.05, 4.69) is 11.4 Å². The highest BCUT2D eigenvalue weighted by atomic mass is 16.5. The van der Waals surface area contributed by atoms with Gasteiger partial charge in [0.15, 0.2) is 0 Å². The minimum atomic E-state index is -0.263. The fourth-order valence-electron chi connectivity index (χ4n) is 4.12. The number of carbonyl (C=O) groups excluding carboxylic acids is 1. The summed E-state index contributed by atoms with van der Waals surface area (Å²) in [7, 11) is 4.76. The zero-order valence-electron chi connectivity index (χ0n) is 18.3. The van der Waals surface area contributed by atoms with Crippen LogP contribution in [-0.2, 0) is 17.6 Å². The topological polar surface area (TPSA) is 69.9 Å². The van der Waals surface area contributed by atoms with Crippen molar-refractivity contribution in [3.05, 3.63) is 53.3 Å². The van der Waals surface area contributed by atoms with Crippen LogP contribution in [0.4, 0.5) is 5.69 Å². The van der Waals surface area contributed by atoms with Gasteiger partial charge >= 0.3 is 0 Å². The Kier molecular flexibility index (Phi) is 5.89. The minimum Gasteiger partial charge on any atom is -0.497 e. The number of aryl methyl sites for hydroxylation is 2. The Morgan fingerprint density at radius 1 is 1.00 bits per heavy atom. The number of ether oxygens (including phenoxy) is 3. The van der Waals surface area contributed by atoms with Gasteiger partial charge in [-0.3, -0.25) is 4.79 Å². The van der Waals surface area contributed by atoms with Crippen LogP contribution in [0.3, 0.4) is 0 Å². The molecule has 162 valence electrons. The Labute approximate surface area is 181 Å². The molecule has 1 N–H and O–H groups in total. The van der Waals surface area contributed by atoms with Crippen LogP contribution in [-0.4, -0.2) is 27.2 Å². The third-order valence-electron chi connectivity index (χ3n) is 5.71. The average Bonchev–Trinajstić information content (AvgIpc) is 3.15. The van der Waals surface area contributed by atoms with Crippen LogP contribution in [0.5, 0.6) is 17.2 Å². The molecule has 0 unspecified atom stereocenters. The van der Waals surface area contributed by atoms with Crippen LogP contribution in [0.2, 0.25) is 0 Å². The van der Waals surface area contributed by atoms with Crippen LogP contribution in [0, 0.1) is 0 Å². The van der Waals surface area contributed by atoms with Gasteiger partial charge in [-0.2, -0.15) is 0 Å². The Morgan fingerprint density at radius 2 is 1.77 bits per heavy atom. The second-order valence-electron chi connectivity index (χ2n) is 7.64. The highest BCUT2D eigenvalue weighted by Crippen LogP contribution is 2.38. The number of carbonyl (C=O) groups is 1. The third-order valence-corrected chi connectivity index (χ3v) is 5.71. The molecule has 0 saturated heterocycles. The summed E-state index contributed by atoms with van der Waals surface area (Å²) >= 11 is 0. The van der Waals surface area contributed by atoms with Crippen molar-refractivity contribution in [2.24, 2.45) is 0 Å². The second-order valence-corrected chi connectivity index (χ2v) is 7.64. The molecule has 1 amide bonds. The molecule has 0 bridgehead atoms. The standard InChI is InChI=1S/C25H27NO5/c1-15(11-25(27)26-20-12-16(28-2)9-10-22(20)29-3)18-13-19-17-7-5-6-8-21(17)31-24(19)14-23(18)30-4/h9-14H,5-8H2,1-4H3,(H,26,27)/b15-11+. The van der Waals surface area contributed by atoms with E-state index < -0.39 is 0 Å². The van der Waals surface area contributed by atoms with Gasteiger partial charge in [-0.1, -0.05) is 0 Å². The molecule has 1 aliphatic carbocycles. The van der Waals surface area contributed by atoms with E-state index in [1.807, 2.05) is 13.0 Å². The predicted octanol–water partition coefficient (Wildman–Crippen LogP) is 5.38. The maximum absolute atomic E-state index is 12.8. The molecule has 3 aromatic rings. The SMILES string of the molecule is COc1ccc(OC)c(NC(=O)/C=C(\C)c2cc3c4c(oc3cc2OC)CCCC4)c1. The summed E-state index contributed by atoms with van der Waals surface area (Å²) in [5, 5.41) is 3.98. The number of hydrogen-bond acceptors (Lipinski definition) is 5. The fourth-order valence-corrected chi connectivity index (χ4v) is 4.12. The molecule has 0 saturated carbocycles. The van der Waals surface area contributed by atoms with E-state index in [1.54, 1.807) is 45.6 Å². The first-order chi connectivity index (χ1) is 15.0. The average molecular weight is 421 g/mol. The van der Waals surface area contributed by atoms with E-state index in [4.69, 9.17) is 18.6 Å². The van der Waals surface area contributed by atoms with Gasteiger partial charge < -0.3 is 23.9 Å². The maximum Gasteiger partial charge on any atom is 0.248 e. The van der Waals surface area contributed by atoms with Crippen molar-refractivity contribution in [2.75, 3.05) is 26.6 Å². The Hall–Kier alpha value is -3.41. The summed E-state index contributed by atoms with van der Waals surface area (Å²) < 4.78 is 22.3. The zero-order valence-corrected chi connectivity index (χ0v) is 18.3. The Morgan fingerprint density at radius 3 is 2.52 bits per heavy atom. The van der Waals surface area contributed by atoms with Gasteiger partial charge in [-0.05, 0) is 50.0 Å². The number of allylic oxidation sites excluding steroid dienone is 1. The number of hydrogen-bond donors (Lipinski definition) is 1. The zero-order chi connectivity index (χ0) is 22.0. The number of benzene rings is 2. The first-order valence-electron chi connectivity index (χ1n) is 10.4. The Bertz CT molecular complexity index is 1160. The van der Waals surface area contributed by atoms with Crippen molar-refractivity contribution in [3.63, 3.8) is 0 Å². The van der Waals surface area contributed by atoms with Gasteiger partial charge in [0.2, 0.25) is 5.91 Å². The smallest absolute Gasteiger partial charge is 0.248 e. The molecule has 0 radical (unpaired) electrons. The molecule has 6 nitrogen and oxygen atoms in total. The summed E-state index contributed by atoms with van der Waals surface area (Å²) in [5.74, 6) is 2.68. The number of anilines is 1. The lowest BCUT2D eigenvalue weighted by molar-refractivity contribution is -0.111. The van der Waals surface area contributed by atoms with Crippen molar-refractivity contribution < 1.29 is 23.4 Å². The molecular formula is C25H27NO5. The fraction of sp³-hybridized carbons (Fsp3) is 0.320. The van der Waals surface area contributed by atoms with Crippen LogP contribution >= 0.6 is 0 Å². The van der Waals surface area contributed by atoms with Gasteiger partial charge in [-0.25, -0.2) is 0 Å². The van der Waals surface area contributed by atoms with Gasteiger partial charge in [0.05, 0.1) is 27.0 Å². The molecule has 2 aromatic carbocycles. The molecule has 4 rings (SSSR count). The number of amides is 1. The van der Waals surface area contributed by atoms with Gasteiger partial charge in [0, 0.05) is 41.1 Å². The summed E-state index contributed by atoms with van der Waals surface area (Å²) in [6.45, 7) is 1.90. The molecule has 1 heterocycles. The van der Waals surface area contributed by atoms with Gasteiger partial charge in [-0.15, -0.1) is 0 Å². The molecule has 6 heteroatoms.